The number of carbonyl (C=O) groups is 3. The van der Waals surface area contributed by atoms with Crippen molar-refractivity contribution in [2.45, 2.75) is 105 Å². The molecule has 41 heavy (non-hydrogen) atoms. The van der Waals surface area contributed by atoms with Gasteiger partial charge in [-0.25, -0.2) is 0 Å². The van der Waals surface area contributed by atoms with Gasteiger partial charge in [0.15, 0.2) is 17.2 Å². The summed E-state index contributed by atoms with van der Waals surface area (Å²) in [5, 5.41) is 47.0. The first kappa shape index (κ1) is 29.6. The van der Waals surface area contributed by atoms with E-state index in [1.54, 1.807) is 6.92 Å². The van der Waals surface area contributed by atoms with E-state index in [1.807, 2.05) is 26.8 Å². The molecule has 4 atom stereocenters. The lowest BCUT2D eigenvalue weighted by Gasteiger charge is -2.59. The zero-order chi connectivity index (χ0) is 30.4. The summed E-state index contributed by atoms with van der Waals surface area (Å²) in [5.41, 5.74) is -3.05. The van der Waals surface area contributed by atoms with Crippen molar-refractivity contribution in [3.63, 3.8) is 0 Å². The number of aromatic hydroxyl groups is 1. The van der Waals surface area contributed by atoms with E-state index in [4.69, 9.17) is 0 Å². The van der Waals surface area contributed by atoms with E-state index in [9.17, 15) is 34.8 Å². The molecular formula is C34H44O7. The van der Waals surface area contributed by atoms with E-state index in [0.717, 1.165) is 49.3 Å². The average molecular weight is 565 g/mol. The Morgan fingerprint density at radius 1 is 1.05 bits per heavy atom. The Balaban J connectivity index is 1.77. The second kappa shape index (κ2) is 9.55. The van der Waals surface area contributed by atoms with Gasteiger partial charge in [0, 0.05) is 22.3 Å². The van der Waals surface area contributed by atoms with E-state index < -0.39 is 51.0 Å². The number of rotatable bonds is 5. The number of aliphatic hydroxyl groups is 3. The molecule has 0 bridgehead atoms. The molecule has 1 fully saturated rings. The number of phenols is 1. The molecule has 1 saturated carbocycles. The fraction of sp³-hybridized carbons (Fsp3) is 0.618. The summed E-state index contributed by atoms with van der Waals surface area (Å²) in [6.45, 7) is 12.4. The highest BCUT2D eigenvalue weighted by atomic mass is 16.3. The summed E-state index contributed by atoms with van der Waals surface area (Å²) in [5.74, 6) is -4.23. The van der Waals surface area contributed by atoms with Gasteiger partial charge in [-0.2, -0.15) is 0 Å². The zero-order valence-corrected chi connectivity index (χ0v) is 25.4. The van der Waals surface area contributed by atoms with Gasteiger partial charge in [-0.1, -0.05) is 73.3 Å². The molecule has 1 unspecified atom stereocenters. The Hall–Kier alpha value is -2.93. The van der Waals surface area contributed by atoms with Crippen molar-refractivity contribution in [1.82, 2.24) is 0 Å². The van der Waals surface area contributed by atoms with Crippen molar-refractivity contribution in [1.29, 1.82) is 0 Å². The highest BCUT2D eigenvalue weighted by Gasteiger charge is 2.71. The molecule has 0 spiro atoms. The maximum absolute atomic E-state index is 14.4. The van der Waals surface area contributed by atoms with Crippen molar-refractivity contribution in [3.8, 4) is 5.75 Å². The molecule has 5 rings (SSSR count). The van der Waals surface area contributed by atoms with Gasteiger partial charge in [0.25, 0.3) is 0 Å². The smallest absolute Gasteiger partial charge is 0.209 e. The molecule has 222 valence electrons. The highest BCUT2D eigenvalue weighted by molar-refractivity contribution is 6.25. The number of benzene rings is 1. The van der Waals surface area contributed by atoms with Gasteiger partial charge in [-0.15, -0.1) is 0 Å². The molecule has 7 nitrogen and oxygen atoms in total. The number of carbonyl (C=O) groups excluding carboxylic acids is 3. The Morgan fingerprint density at radius 2 is 1.66 bits per heavy atom. The molecule has 0 amide bonds. The fourth-order valence-electron chi connectivity index (χ4n) is 9.08. The topological polar surface area (TPSA) is 132 Å². The molecule has 0 saturated heterocycles. The highest BCUT2D eigenvalue weighted by Crippen LogP contribution is 2.65. The molecule has 1 aromatic rings. The van der Waals surface area contributed by atoms with Gasteiger partial charge in [0.05, 0.1) is 5.56 Å². The van der Waals surface area contributed by atoms with Crippen LogP contribution in [0.25, 0.3) is 0 Å². The second-order valence-corrected chi connectivity index (χ2v) is 14.3. The first-order valence-electron chi connectivity index (χ1n) is 15.1. The third-order valence-corrected chi connectivity index (χ3v) is 10.7. The largest absolute Gasteiger partial charge is 0.511 e. The summed E-state index contributed by atoms with van der Waals surface area (Å²) in [6.07, 6.45) is 5.54. The SMILES string of the molecule is CC(=O)C1=C(O)C(C(C)C)[C@@]2(C)C[C@@]3(C)Cc4c(C(C)C)cc(CC5CCCC5)c(O)c4C(=O)C3=C(O)[C@@]2(O)C1=O. The van der Waals surface area contributed by atoms with Crippen LogP contribution in [0, 0.1) is 28.6 Å². The quantitative estimate of drug-likeness (QED) is 0.313. The number of Topliss-reactive ketones (excluding diaryl/α,β-unsaturated/α-hetero) is 3. The molecular weight excluding hydrogens is 520 g/mol. The molecule has 4 N–H and O–H groups in total. The Labute approximate surface area is 242 Å². The Bertz CT molecular complexity index is 1420. The van der Waals surface area contributed by atoms with Gasteiger partial charge < -0.3 is 20.4 Å². The zero-order valence-electron chi connectivity index (χ0n) is 25.4. The molecule has 7 heteroatoms. The molecule has 0 radical (unpaired) electrons. The number of hydrogen-bond acceptors (Lipinski definition) is 7. The van der Waals surface area contributed by atoms with Crippen LogP contribution >= 0.6 is 0 Å². The van der Waals surface area contributed by atoms with Crippen LogP contribution in [-0.2, 0) is 22.4 Å². The van der Waals surface area contributed by atoms with Crippen molar-refractivity contribution < 1.29 is 34.8 Å². The number of ketones is 3. The number of phenolic OH excluding ortho intramolecular Hbond substituents is 1. The van der Waals surface area contributed by atoms with E-state index in [1.165, 1.54) is 0 Å². The maximum atomic E-state index is 14.4. The lowest BCUT2D eigenvalue weighted by atomic mass is 9.44. The third-order valence-electron chi connectivity index (χ3n) is 10.7. The number of hydrogen-bond donors (Lipinski definition) is 4. The summed E-state index contributed by atoms with van der Waals surface area (Å²) >= 11 is 0. The molecule has 1 aromatic carbocycles. The van der Waals surface area contributed by atoms with Gasteiger partial charge in [0.1, 0.15) is 22.8 Å². The van der Waals surface area contributed by atoms with Crippen molar-refractivity contribution in [2.75, 3.05) is 0 Å². The predicted octanol–water partition coefficient (Wildman–Crippen LogP) is 6.20. The minimum atomic E-state index is -2.59. The molecule has 4 aliphatic rings. The van der Waals surface area contributed by atoms with E-state index in [2.05, 4.69) is 13.8 Å². The summed E-state index contributed by atoms with van der Waals surface area (Å²) in [4.78, 5) is 40.9. The van der Waals surface area contributed by atoms with Crippen LogP contribution in [-0.4, -0.2) is 43.4 Å². The summed E-state index contributed by atoms with van der Waals surface area (Å²) in [6, 6.07) is 2.04. The van der Waals surface area contributed by atoms with Crippen LogP contribution in [0.2, 0.25) is 0 Å². The minimum absolute atomic E-state index is 0.0723. The first-order chi connectivity index (χ1) is 19.0. The standard InChI is InChI=1S/C34H44O7/c1-16(2)21-13-20(12-19-10-8-9-11-19)27(36)24-22(21)14-32(6)15-33(7)25(17(3)4)28(37)23(18(5)35)30(39)34(33,41)31(40)26(32)29(24)38/h13,16-17,19,25,36-37,40-41H,8-12,14-15H2,1-7H3/t25?,32-,33-,34+/m1/s1. The predicted molar refractivity (Wildman–Crippen MR) is 155 cm³/mol. The van der Waals surface area contributed by atoms with Gasteiger partial charge in [-0.3, -0.25) is 14.4 Å². The molecule has 0 heterocycles. The monoisotopic (exact) mass is 564 g/mol. The number of aliphatic hydroxyl groups excluding tert-OH is 2. The van der Waals surface area contributed by atoms with Crippen LogP contribution in [0.15, 0.2) is 28.7 Å². The van der Waals surface area contributed by atoms with Gasteiger partial charge in [0.2, 0.25) is 5.78 Å². The second-order valence-electron chi connectivity index (χ2n) is 14.3. The number of fused-ring (bicyclic) bond motifs is 3. The van der Waals surface area contributed by atoms with Crippen LogP contribution < -0.4 is 0 Å². The maximum Gasteiger partial charge on any atom is 0.209 e. The van der Waals surface area contributed by atoms with Gasteiger partial charge in [-0.05, 0) is 60.6 Å². The van der Waals surface area contributed by atoms with E-state index in [0.29, 0.717) is 18.8 Å². The van der Waals surface area contributed by atoms with Gasteiger partial charge >= 0.3 is 0 Å². The molecule has 4 aliphatic carbocycles. The van der Waals surface area contributed by atoms with Crippen LogP contribution in [0.5, 0.6) is 5.75 Å². The summed E-state index contributed by atoms with van der Waals surface area (Å²) in [7, 11) is 0. The number of allylic oxidation sites excluding steroid dienone is 2. The third kappa shape index (κ3) is 3.90. The molecule has 0 aromatic heterocycles. The van der Waals surface area contributed by atoms with Crippen molar-refractivity contribution in [3.05, 3.63) is 51.0 Å². The summed E-state index contributed by atoms with van der Waals surface area (Å²) < 4.78 is 0. The van der Waals surface area contributed by atoms with Crippen LogP contribution in [0.3, 0.4) is 0 Å². The normalized spacial score (nSPS) is 32.1. The minimum Gasteiger partial charge on any atom is -0.511 e. The Morgan fingerprint density at radius 3 is 2.20 bits per heavy atom. The Kier molecular flexibility index (Phi) is 6.88. The lowest BCUT2D eigenvalue weighted by Crippen LogP contribution is -2.67. The van der Waals surface area contributed by atoms with Crippen molar-refractivity contribution >= 4 is 17.3 Å². The fourth-order valence-corrected chi connectivity index (χ4v) is 9.08. The van der Waals surface area contributed by atoms with Crippen molar-refractivity contribution in [2.24, 2.45) is 28.6 Å². The molecule has 0 aliphatic heterocycles. The average Bonchev–Trinajstić information content (AvgIpc) is 3.35. The van der Waals surface area contributed by atoms with E-state index >= 15 is 0 Å². The first-order valence-corrected chi connectivity index (χ1v) is 15.1. The van der Waals surface area contributed by atoms with E-state index in [-0.39, 0.29) is 40.9 Å². The van der Waals surface area contributed by atoms with Crippen LogP contribution in [0.4, 0.5) is 0 Å². The lowest BCUT2D eigenvalue weighted by molar-refractivity contribution is -0.171. The van der Waals surface area contributed by atoms with Crippen LogP contribution in [0.1, 0.15) is 114 Å².